The number of hydrogen-bond donors (Lipinski definition) is 0. The van der Waals surface area contributed by atoms with Crippen molar-refractivity contribution in [2.24, 2.45) is 0 Å². The lowest BCUT2D eigenvalue weighted by molar-refractivity contribution is 0.247. The summed E-state index contributed by atoms with van der Waals surface area (Å²) in [6.07, 6.45) is 2.46. The van der Waals surface area contributed by atoms with Crippen LogP contribution >= 0.6 is 15.9 Å². The monoisotopic (exact) mass is 375 g/mol. The molecule has 0 N–H and O–H groups in total. The molecule has 122 valence electrons. The summed E-state index contributed by atoms with van der Waals surface area (Å²) < 4.78 is 11.8. The number of likely N-dealkylation sites (tertiary alicyclic amines) is 1. The third-order valence-corrected chi connectivity index (χ3v) is 5.36. The van der Waals surface area contributed by atoms with Crippen molar-refractivity contribution >= 4 is 15.9 Å². The Bertz CT molecular complexity index is 660. The highest BCUT2D eigenvalue weighted by atomic mass is 79.9. The summed E-state index contributed by atoms with van der Waals surface area (Å²) in [6.45, 7) is 2.03. The first-order valence-electron chi connectivity index (χ1n) is 7.93. The SMILES string of the molecule is COc1ccc(CN2CCCC2c2ccccc2)c(Br)c1OC. The van der Waals surface area contributed by atoms with Crippen LogP contribution in [0.5, 0.6) is 11.5 Å². The highest BCUT2D eigenvalue weighted by Crippen LogP contribution is 2.40. The summed E-state index contributed by atoms with van der Waals surface area (Å²) in [4.78, 5) is 2.54. The maximum atomic E-state index is 5.49. The lowest BCUT2D eigenvalue weighted by Crippen LogP contribution is -2.23. The van der Waals surface area contributed by atoms with Crippen molar-refractivity contribution in [1.29, 1.82) is 0 Å². The molecule has 0 radical (unpaired) electrons. The third-order valence-electron chi connectivity index (χ3n) is 4.49. The van der Waals surface area contributed by atoms with Crippen molar-refractivity contribution in [3.05, 3.63) is 58.1 Å². The largest absolute Gasteiger partial charge is 0.493 e. The van der Waals surface area contributed by atoms with Crippen LogP contribution in [0.2, 0.25) is 0 Å². The van der Waals surface area contributed by atoms with Crippen molar-refractivity contribution in [2.45, 2.75) is 25.4 Å². The predicted molar refractivity (Wildman–Crippen MR) is 96.1 cm³/mol. The molecule has 1 atom stereocenters. The Morgan fingerprint density at radius 3 is 2.57 bits per heavy atom. The van der Waals surface area contributed by atoms with E-state index in [1.54, 1.807) is 14.2 Å². The Hall–Kier alpha value is -1.52. The molecule has 4 heteroatoms. The van der Waals surface area contributed by atoms with Crippen LogP contribution in [0.1, 0.15) is 30.0 Å². The zero-order valence-electron chi connectivity index (χ0n) is 13.6. The average molecular weight is 376 g/mol. The molecule has 1 heterocycles. The van der Waals surface area contributed by atoms with E-state index >= 15 is 0 Å². The van der Waals surface area contributed by atoms with E-state index in [0.717, 1.165) is 29.1 Å². The molecule has 2 aromatic carbocycles. The van der Waals surface area contributed by atoms with E-state index in [4.69, 9.17) is 9.47 Å². The minimum Gasteiger partial charge on any atom is -0.493 e. The summed E-state index contributed by atoms with van der Waals surface area (Å²) in [5, 5.41) is 0. The number of halogens is 1. The van der Waals surface area contributed by atoms with Gasteiger partial charge in [0, 0.05) is 12.6 Å². The second-order valence-corrected chi connectivity index (χ2v) is 6.61. The molecule has 0 bridgehead atoms. The van der Waals surface area contributed by atoms with Gasteiger partial charge in [-0.05, 0) is 52.5 Å². The highest BCUT2D eigenvalue weighted by Gasteiger charge is 2.27. The molecule has 0 aliphatic carbocycles. The van der Waals surface area contributed by atoms with Gasteiger partial charge in [-0.15, -0.1) is 0 Å². The van der Waals surface area contributed by atoms with Gasteiger partial charge in [-0.2, -0.15) is 0 Å². The highest BCUT2D eigenvalue weighted by molar-refractivity contribution is 9.10. The van der Waals surface area contributed by atoms with E-state index in [1.165, 1.54) is 24.0 Å². The smallest absolute Gasteiger partial charge is 0.175 e. The first-order valence-corrected chi connectivity index (χ1v) is 8.72. The fraction of sp³-hybridized carbons (Fsp3) is 0.368. The summed E-state index contributed by atoms with van der Waals surface area (Å²) in [6, 6.07) is 15.4. The van der Waals surface area contributed by atoms with Gasteiger partial charge in [-0.3, -0.25) is 4.90 Å². The Labute approximate surface area is 146 Å². The molecule has 23 heavy (non-hydrogen) atoms. The van der Waals surface area contributed by atoms with Gasteiger partial charge < -0.3 is 9.47 Å². The van der Waals surface area contributed by atoms with Crippen LogP contribution in [0.3, 0.4) is 0 Å². The molecule has 1 aliphatic rings. The van der Waals surface area contributed by atoms with E-state index in [9.17, 15) is 0 Å². The lowest BCUT2D eigenvalue weighted by atomic mass is 10.0. The third kappa shape index (κ3) is 3.38. The molecule has 3 nitrogen and oxygen atoms in total. The normalized spacial score (nSPS) is 18.1. The summed E-state index contributed by atoms with van der Waals surface area (Å²) in [5.41, 5.74) is 2.63. The summed E-state index contributed by atoms with van der Waals surface area (Å²) in [7, 11) is 3.34. The summed E-state index contributed by atoms with van der Waals surface area (Å²) in [5.74, 6) is 1.52. The molecule has 1 saturated heterocycles. The fourth-order valence-corrected chi connectivity index (χ4v) is 3.95. The average Bonchev–Trinajstić information content (AvgIpc) is 3.05. The van der Waals surface area contributed by atoms with E-state index in [2.05, 4.69) is 57.2 Å². The van der Waals surface area contributed by atoms with E-state index in [-0.39, 0.29) is 0 Å². The molecule has 1 fully saturated rings. The lowest BCUT2D eigenvalue weighted by Gasteiger charge is -2.26. The predicted octanol–water partition coefficient (Wildman–Crippen LogP) is 4.80. The first-order chi connectivity index (χ1) is 11.2. The maximum absolute atomic E-state index is 5.49. The van der Waals surface area contributed by atoms with Crippen LogP contribution in [0.15, 0.2) is 46.9 Å². The zero-order chi connectivity index (χ0) is 16.2. The molecule has 3 rings (SSSR count). The second kappa shape index (κ2) is 7.37. The second-order valence-electron chi connectivity index (χ2n) is 5.81. The Kier molecular flexibility index (Phi) is 5.23. The maximum Gasteiger partial charge on any atom is 0.175 e. The van der Waals surface area contributed by atoms with Crippen molar-refractivity contribution in [1.82, 2.24) is 4.90 Å². The van der Waals surface area contributed by atoms with E-state index < -0.39 is 0 Å². The number of ether oxygens (including phenoxy) is 2. The number of nitrogens with zero attached hydrogens (tertiary/aromatic N) is 1. The van der Waals surface area contributed by atoms with E-state index in [1.807, 2.05) is 6.07 Å². The minimum atomic E-state index is 0.496. The van der Waals surface area contributed by atoms with Crippen LogP contribution in [-0.4, -0.2) is 25.7 Å². The Morgan fingerprint density at radius 1 is 1.09 bits per heavy atom. The Balaban J connectivity index is 1.84. The number of rotatable bonds is 5. The van der Waals surface area contributed by atoms with Crippen LogP contribution in [0, 0.1) is 0 Å². The van der Waals surface area contributed by atoms with Crippen molar-refractivity contribution < 1.29 is 9.47 Å². The first kappa shape index (κ1) is 16.3. The minimum absolute atomic E-state index is 0.496. The van der Waals surface area contributed by atoms with Crippen LogP contribution in [0.4, 0.5) is 0 Å². The molecule has 0 spiro atoms. The van der Waals surface area contributed by atoms with E-state index in [0.29, 0.717) is 6.04 Å². The molecule has 0 saturated carbocycles. The van der Waals surface area contributed by atoms with Gasteiger partial charge in [0.2, 0.25) is 0 Å². The standard InChI is InChI=1S/C19H22BrNO2/c1-22-17-11-10-15(18(20)19(17)23-2)13-21-12-6-9-16(21)14-7-4-3-5-8-14/h3-5,7-8,10-11,16H,6,9,12-13H2,1-2H3. The number of benzene rings is 2. The molecule has 1 aliphatic heterocycles. The van der Waals surface area contributed by atoms with Crippen LogP contribution in [-0.2, 0) is 6.54 Å². The molecule has 0 amide bonds. The van der Waals surface area contributed by atoms with Crippen molar-refractivity contribution in [2.75, 3.05) is 20.8 Å². The van der Waals surface area contributed by atoms with Gasteiger partial charge in [-0.1, -0.05) is 36.4 Å². The molecule has 0 aromatic heterocycles. The topological polar surface area (TPSA) is 21.7 Å². The molecular formula is C19H22BrNO2. The van der Waals surface area contributed by atoms with Gasteiger partial charge in [0.15, 0.2) is 11.5 Å². The zero-order valence-corrected chi connectivity index (χ0v) is 15.2. The summed E-state index contributed by atoms with van der Waals surface area (Å²) >= 11 is 3.68. The van der Waals surface area contributed by atoms with Gasteiger partial charge in [0.05, 0.1) is 18.7 Å². The Morgan fingerprint density at radius 2 is 1.87 bits per heavy atom. The number of hydrogen-bond acceptors (Lipinski definition) is 3. The van der Waals surface area contributed by atoms with Crippen molar-refractivity contribution in [3.8, 4) is 11.5 Å². The van der Waals surface area contributed by atoms with Gasteiger partial charge in [0.25, 0.3) is 0 Å². The van der Waals surface area contributed by atoms with Gasteiger partial charge in [0.1, 0.15) is 0 Å². The molecule has 2 aromatic rings. The van der Waals surface area contributed by atoms with Crippen LogP contribution in [0.25, 0.3) is 0 Å². The molecule has 1 unspecified atom stereocenters. The molecular weight excluding hydrogens is 354 g/mol. The number of methoxy groups -OCH3 is 2. The van der Waals surface area contributed by atoms with Gasteiger partial charge >= 0.3 is 0 Å². The van der Waals surface area contributed by atoms with Crippen molar-refractivity contribution in [3.63, 3.8) is 0 Å². The quantitative estimate of drug-likeness (QED) is 0.748. The van der Waals surface area contributed by atoms with Crippen LogP contribution < -0.4 is 9.47 Å². The fourth-order valence-electron chi connectivity index (χ4n) is 3.34. The van der Waals surface area contributed by atoms with Gasteiger partial charge in [-0.25, -0.2) is 0 Å².